The van der Waals surface area contributed by atoms with E-state index in [1.807, 2.05) is 30.3 Å². The number of piperazine rings is 1. The molecule has 172 valence electrons. The molecule has 32 heavy (non-hydrogen) atoms. The SMILES string of the molecule is Br.Br.Br.CN1CCN(c2cc3nc(N)[nH]c3cc2C(=O)Nc2ccc3cn[nH]c3c2)CC1. The lowest BCUT2D eigenvalue weighted by molar-refractivity contribution is 0.102. The highest BCUT2D eigenvalue weighted by molar-refractivity contribution is 8.93. The van der Waals surface area contributed by atoms with Crippen LogP contribution in [0.3, 0.4) is 0 Å². The van der Waals surface area contributed by atoms with Crippen molar-refractivity contribution in [1.82, 2.24) is 25.1 Å². The number of carbonyl (C=O) groups excluding carboxylic acids is 1. The number of nitrogen functional groups attached to an aromatic ring is 1. The van der Waals surface area contributed by atoms with Crippen LogP contribution in [-0.2, 0) is 0 Å². The number of aromatic amines is 2. The van der Waals surface area contributed by atoms with Crippen molar-refractivity contribution in [2.75, 3.05) is 49.2 Å². The molecule has 1 amide bonds. The van der Waals surface area contributed by atoms with Crippen LogP contribution in [0.1, 0.15) is 10.4 Å². The minimum atomic E-state index is -0.173. The number of hydrogen-bond donors (Lipinski definition) is 4. The molecule has 0 radical (unpaired) electrons. The zero-order valence-corrected chi connectivity index (χ0v) is 22.4. The van der Waals surface area contributed by atoms with Crippen LogP contribution < -0.4 is 16.0 Å². The maximum atomic E-state index is 13.2. The molecule has 0 atom stereocenters. The summed E-state index contributed by atoms with van der Waals surface area (Å²) in [6.07, 6.45) is 1.75. The third-order valence-corrected chi connectivity index (χ3v) is 5.41. The Bertz CT molecular complexity index is 1220. The van der Waals surface area contributed by atoms with Crippen molar-refractivity contribution in [2.24, 2.45) is 0 Å². The molecule has 1 aliphatic heterocycles. The normalized spacial score (nSPS) is 13.8. The first-order valence-corrected chi connectivity index (χ1v) is 9.54. The van der Waals surface area contributed by atoms with Crippen molar-refractivity contribution in [2.45, 2.75) is 0 Å². The molecule has 0 saturated carbocycles. The molecule has 0 bridgehead atoms. The number of carbonyl (C=O) groups is 1. The molecule has 2 aromatic heterocycles. The zero-order valence-electron chi connectivity index (χ0n) is 17.3. The van der Waals surface area contributed by atoms with E-state index in [2.05, 4.69) is 42.3 Å². The zero-order chi connectivity index (χ0) is 20.0. The molecule has 2 aromatic carbocycles. The molecular formula is C20H25Br3N8O. The Balaban J connectivity index is 0.00000121. The average molecular weight is 633 g/mol. The van der Waals surface area contributed by atoms with Gasteiger partial charge in [-0.25, -0.2) is 4.98 Å². The number of likely N-dealkylation sites (N-methyl/N-ethyl adjacent to an activating group) is 1. The minimum absolute atomic E-state index is 0. The van der Waals surface area contributed by atoms with Crippen LogP contribution in [0.2, 0.25) is 0 Å². The first-order chi connectivity index (χ1) is 14.1. The van der Waals surface area contributed by atoms with Crippen LogP contribution >= 0.6 is 50.9 Å². The number of H-pyrrole nitrogens is 2. The van der Waals surface area contributed by atoms with Gasteiger partial charge in [-0.05, 0) is 37.4 Å². The predicted molar refractivity (Wildman–Crippen MR) is 145 cm³/mol. The van der Waals surface area contributed by atoms with Gasteiger partial charge in [0.25, 0.3) is 5.91 Å². The van der Waals surface area contributed by atoms with Crippen LogP contribution in [0.5, 0.6) is 0 Å². The summed E-state index contributed by atoms with van der Waals surface area (Å²) in [7, 11) is 2.11. The first kappa shape index (κ1) is 26.1. The van der Waals surface area contributed by atoms with Crippen molar-refractivity contribution >= 4 is 96.1 Å². The molecule has 1 fully saturated rings. The van der Waals surface area contributed by atoms with E-state index in [0.29, 0.717) is 17.2 Å². The van der Waals surface area contributed by atoms with Crippen molar-refractivity contribution in [1.29, 1.82) is 0 Å². The van der Waals surface area contributed by atoms with E-state index in [4.69, 9.17) is 5.73 Å². The van der Waals surface area contributed by atoms with Crippen molar-refractivity contribution < 1.29 is 4.79 Å². The molecule has 1 saturated heterocycles. The summed E-state index contributed by atoms with van der Waals surface area (Å²) in [5, 5.41) is 11.0. The number of imidazole rings is 1. The van der Waals surface area contributed by atoms with Crippen LogP contribution in [0, 0.1) is 0 Å². The van der Waals surface area contributed by atoms with E-state index in [1.165, 1.54) is 0 Å². The van der Waals surface area contributed by atoms with Crippen LogP contribution in [0.4, 0.5) is 17.3 Å². The molecule has 9 nitrogen and oxygen atoms in total. The molecule has 0 aliphatic carbocycles. The van der Waals surface area contributed by atoms with Gasteiger partial charge in [-0.1, -0.05) is 0 Å². The lowest BCUT2D eigenvalue weighted by Crippen LogP contribution is -2.45. The van der Waals surface area contributed by atoms with Gasteiger partial charge in [0.1, 0.15) is 0 Å². The van der Waals surface area contributed by atoms with Crippen molar-refractivity contribution in [3.63, 3.8) is 0 Å². The standard InChI is InChI=1S/C20H22N8O.3BrH/c1-27-4-6-28(7-5-27)18-10-17-16(24-20(21)25-17)9-14(18)19(29)23-13-3-2-12-11-22-26-15(12)8-13;;;/h2-3,8-11H,4-7H2,1H3,(H,22,26)(H,23,29)(H3,21,24,25);3*1H. The average Bonchev–Trinajstić information content (AvgIpc) is 3.32. The van der Waals surface area contributed by atoms with E-state index in [-0.39, 0.29) is 56.9 Å². The number of hydrogen-bond acceptors (Lipinski definition) is 6. The second kappa shape index (κ2) is 10.6. The molecule has 3 heterocycles. The van der Waals surface area contributed by atoms with E-state index < -0.39 is 0 Å². The number of benzene rings is 2. The number of halogens is 3. The summed E-state index contributed by atoms with van der Waals surface area (Å²) >= 11 is 0. The molecule has 5 rings (SSSR count). The van der Waals surface area contributed by atoms with E-state index in [9.17, 15) is 4.79 Å². The lowest BCUT2D eigenvalue weighted by Gasteiger charge is -2.35. The van der Waals surface area contributed by atoms with Gasteiger partial charge in [-0.3, -0.25) is 9.89 Å². The second-order valence-corrected chi connectivity index (χ2v) is 7.43. The minimum Gasteiger partial charge on any atom is -0.369 e. The number of fused-ring (bicyclic) bond motifs is 2. The van der Waals surface area contributed by atoms with E-state index in [0.717, 1.165) is 53.8 Å². The van der Waals surface area contributed by atoms with Gasteiger partial charge in [0, 0.05) is 37.3 Å². The Morgan fingerprint density at radius 2 is 1.81 bits per heavy atom. The van der Waals surface area contributed by atoms with Gasteiger partial charge in [-0.15, -0.1) is 50.9 Å². The van der Waals surface area contributed by atoms with Gasteiger partial charge in [0.2, 0.25) is 0 Å². The number of anilines is 3. The third kappa shape index (κ3) is 5.08. The maximum Gasteiger partial charge on any atom is 0.257 e. The van der Waals surface area contributed by atoms with Crippen LogP contribution in [0.15, 0.2) is 36.5 Å². The largest absolute Gasteiger partial charge is 0.369 e. The number of rotatable bonds is 3. The highest BCUT2D eigenvalue weighted by atomic mass is 79.9. The molecular weight excluding hydrogens is 608 g/mol. The number of nitrogens with one attached hydrogen (secondary N) is 3. The number of nitrogens with zero attached hydrogens (tertiary/aromatic N) is 4. The summed E-state index contributed by atoms with van der Waals surface area (Å²) in [6, 6.07) is 9.45. The Hall–Kier alpha value is -2.15. The fraction of sp³-hybridized carbons (Fsp3) is 0.250. The Labute approximate surface area is 216 Å². The first-order valence-electron chi connectivity index (χ1n) is 9.54. The summed E-state index contributed by atoms with van der Waals surface area (Å²) < 4.78 is 0. The molecule has 0 spiro atoms. The van der Waals surface area contributed by atoms with Gasteiger partial charge in [-0.2, -0.15) is 5.10 Å². The highest BCUT2D eigenvalue weighted by Crippen LogP contribution is 2.29. The number of amides is 1. The number of nitrogens with two attached hydrogens (primary N) is 1. The Kier molecular flexibility index (Phi) is 8.68. The van der Waals surface area contributed by atoms with E-state index in [1.54, 1.807) is 6.20 Å². The van der Waals surface area contributed by atoms with Crippen molar-refractivity contribution in [3.05, 3.63) is 42.1 Å². The molecule has 4 aromatic rings. The smallest absolute Gasteiger partial charge is 0.257 e. The predicted octanol–water partition coefficient (Wildman–Crippen LogP) is 3.76. The van der Waals surface area contributed by atoms with Gasteiger partial charge >= 0.3 is 0 Å². The fourth-order valence-corrected chi connectivity index (χ4v) is 3.77. The fourth-order valence-electron chi connectivity index (χ4n) is 3.77. The van der Waals surface area contributed by atoms with Crippen LogP contribution in [0.25, 0.3) is 21.9 Å². The van der Waals surface area contributed by atoms with Gasteiger partial charge in [0.05, 0.1) is 34.0 Å². The van der Waals surface area contributed by atoms with Gasteiger partial charge in [0.15, 0.2) is 5.95 Å². The van der Waals surface area contributed by atoms with Crippen molar-refractivity contribution in [3.8, 4) is 0 Å². The number of aromatic nitrogens is 4. The second-order valence-electron chi connectivity index (χ2n) is 7.43. The third-order valence-electron chi connectivity index (χ3n) is 5.41. The Morgan fingerprint density at radius 1 is 1.06 bits per heavy atom. The Morgan fingerprint density at radius 3 is 2.56 bits per heavy atom. The summed E-state index contributed by atoms with van der Waals surface area (Å²) in [5.74, 6) is 0.166. The summed E-state index contributed by atoms with van der Waals surface area (Å²) in [4.78, 5) is 25.1. The van der Waals surface area contributed by atoms with Crippen LogP contribution in [-0.4, -0.2) is 64.2 Å². The summed E-state index contributed by atoms with van der Waals surface area (Å²) in [6.45, 7) is 3.58. The monoisotopic (exact) mass is 630 g/mol. The molecule has 1 aliphatic rings. The van der Waals surface area contributed by atoms with Gasteiger partial charge < -0.3 is 25.8 Å². The molecule has 5 N–H and O–H groups in total. The topological polar surface area (TPSA) is 119 Å². The summed E-state index contributed by atoms with van der Waals surface area (Å²) in [5.41, 5.74) is 10.4. The quantitative estimate of drug-likeness (QED) is 0.273. The lowest BCUT2D eigenvalue weighted by atomic mass is 10.1. The molecule has 12 heteroatoms. The maximum absolute atomic E-state index is 13.2. The van der Waals surface area contributed by atoms with E-state index >= 15 is 0 Å². The molecule has 0 unspecified atom stereocenters. The highest BCUT2D eigenvalue weighted by Gasteiger charge is 2.22.